The van der Waals surface area contributed by atoms with Gasteiger partial charge in [-0.2, -0.15) is 0 Å². The highest BCUT2D eigenvalue weighted by atomic mass is 14.9. The maximum atomic E-state index is 3.63. The number of nitrogens with one attached hydrogen (secondary N) is 1. The first-order chi connectivity index (χ1) is 8.83. The second-order valence-corrected chi connectivity index (χ2v) is 5.56. The quantitative estimate of drug-likeness (QED) is 0.768. The summed E-state index contributed by atoms with van der Waals surface area (Å²) in [6, 6.07) is 7.83. The van der Waals surface area contributed by atoms with Gasteiger partial charge in [0.15, 0.2) is 0 Å². The van der Waals surface area contributed by atoms with Crippen molar-refractivity contribution in [1.29, 1.82) is 0 Å². The van der Waals surface area contributed by atoms with E-state index < -0.39 is 0 Å². The Bertz CT molecular complexity index is 370. The van der Waals surface area contributed by atoms with Gasteiger partial charge in [-0.05, 0) is 55.3 Å². The van der Waals surface area contributed by atoms with Crippen LogP contribution < -0.4 is 5.32 Å². The lowest BCUT2D eigenvalue weighted by molar-refractivity contribution is 0.473. The van der Waals surface area contributed by atoms with Gasteiger partial charge in [0.1, 0.15) is 0 Å². The van der Waals surface area contributed by atoms with Crippen LogP contribution in [0.15, 0.2) is 18.2 Å². The summed E-state index contributed by atoms with van der Waals surface area (Å²) < 4.78 is 0. The third-order valence-corrected chi connectivity index (χ3v) is 4.04. The van der Waals surface area contributed by atoms with Gasteiger partial charge >= 0.3 is 0 Å². The van der Waals surface area contributed by atoms with Crippen molar-refractivity contribution in [2.75, 3.05) is 6.54 Å². The molecule has 0 fully saturated rings. The molecule has 0 amide bonds. The van der Waals surface area contributed by atoms with Crippen LogP contribution in [0, 0.1) is 0 Å². The van der Waals surface area contributed by atoms with E-state index in [0.717, 1.165) is 6.54 Å². The molecule has 2 rings (SSSR count). The minimum Gasteiger partial charge on any atom is -0.314 e. The van der Waals surface area contributed by atoms with Crippen molar-refractivity contribution in [3.05, 3.63) is 34.9 Å². The van der Waals surface area contributed by atoms with Crippen LogP contribution in [0.3, 0.4) is 0 Å². The molecule has 0 spiro atoms. The molecule has 1 nitrogen and oxygen atoms in total. The zero-order valence-corrected chi connectivity index (χ0v) is 12.0. The first-order valence-electron chi connectivity index (χ1n) is 7.67. The first kappa shape index (κ1) is 13.6. The van der Waals surface area contributed by atoms with Crippen LogP contribution in [-0.2, 0) is 19.3 Å². The fraction of sp³-hybridized carbons (Fsp3) is 0.647. The first-order valence-corrected chi connectivity index (χ1v) is 7.67. The number of benzene rings is 1. The van der Waals surface area contributed by atoms with Crippen molar-refractivity contribution >= 4 is 0 Å². The monoisotopic (exact) mass is 245 g/mol. The fourth-order valence-corrected chi connectivity index (χ4v) is 3.05. The van der Waals surface area contributed by atoms with E-state index in [4.69, 9.17) is 0 Å². The molecule has 1 heteroatoms. The Balaban J connectivity index is 1.97. The molecule has 1 aromatic rings. The predicted octanol–water partition coefficient (Wildman–Crippen LogP) is 3.89. The van der Waals surface area contributed by atoms with Crippen LogP contribution in [0.5, 0.6) is 0 Å². The molecule has 1 N–H and O–H groups in total. The summed E-state index contributed by atoms with van der Waals surface area (Å²) in [5.74, 6) is 0. The number of fused-ring (bicyclic) bond motifs is 1. The molecular weight excluding hydrogens is 218 g/mol. The summed E-state index contributed by atoms with van der Waals surface area (Å²) in [6.45, 7) is 5.57. The molecule has 0 aromatic heterocycles. The Kier molecular flexibility index (Phi) is 5.25. The highest BCUT2D eigenvalue weighted by Gasteiger charge is 2.13. The Morgan fingerprint density at radius 1 is 1.17 bits per heavy atom. The molecule has 1 unspecified atom stereocenters. The SMILES string of the molecule is CCCCC(Cc1ccc2c(c1)CCC2)NCC. The third-order valence-electron chi connectivity index (χ3n) is 4.04. The van der Waals surface area contributed by atoms with Crippen LogP contribution in [0.4, 0.5) is 0 Å². The summed E-state index contributed by atoms with van der Waals surface area (Å²) in [7, 11) is 0. The zero-order valence-electron chi connectivity index (χ0n) is 12.0. The standard InChI is InChI=1S/C17H27N/c1-3-5-9-17(18-4-2)13-14-10-11-15-7-6-8-16(15)12-14/h10-12,17-18H,3-9,13H2,1-2H3. The topological polar surface area (TPSA) is 12.0 Å². The van der Waals surface area contributed by atoms with E-state index in [0.29, 0.717) is 6.04 Å². The van der Waals surface area contributed by atoms with E-state index in [1.165, 1.54) is 50.5 Å². The Morgan fingerprint density at radius 3 is 2.78 bits per heavy atom. The largest absolute Gasteiger partial charge is 0.314 e. The van der Waals surface area contributed by atoms with Crippen molar-refractivity contribution in [2.45, 2.75) is 64.8 Å². The lowest BCUT2D eigenvalue weighted by atomic mass is 9.98. The lowest BCUT2D eigenvalue weighted by Crippen LogP contribution is -2.30. The molecule has 1 atom stereocenters. The van der Waals surface area contributed by atoms with Gasteiger partial charge in [0, 0.05) is 6.04 Å². The van der Waals surface area contributed by atoms with Gasteiger partial charge in [-0.25, -0.2) is 0 Å². The van der Waals surface area contributed by atoms with Crippen LogP contribution in [0.1, 0.15) is 56.2 Å². The minimum absolute atomic E-state index is 0.661. The summed E-state index contributed by atoms with van der Waals surface area (Å²) in [6.07, 6.45) is 9.08. The Morgan fingerprint density at radius 2 is 2.00 bits per heavy atom. The van der Waals surface area contributed by atoms with Crippen LogP contribution in [-0.4, -0.2) is 12.6 Å². The Hall–Kier alpha value is -0.820. The van der Waals surface area contributed by atoms with E-state index >= 15 is 0 Å². The fourth-order valence-electron chi connectivity index (χ4n) is 3.05. The van der Waals surface area contributed by atoms with Gasteiger partial charge in [0.05, 0.1) is 0 Å². The average Bonchev–Trinajstić information content (AvgIpc) is 2.83. The Labute approximate surface area is 112 Å². The smallest absolute Gasteiger partial charge is 0.0107 e. The van der Waals surface area contributed by atoms with E-state index in [2.05, 4.69) is 37.4 Å². The summed E-state index contributed by atoms with van der Waals surface area (Å²) in [4.78, 5) is 0. The van der Waals surface area contributed by atoms with Crippen molar-refractivity contribution in [3.63, 3.8) is 0 Å². The van der Waals surface area contributed by atoms with E-state index in [9.17, 15) is 0 Å². The van der Waals surface area contributed by atoms with Gasteiger partial charge in [-0.3, -0.25) is 0 Å². The normalized spacial score (nSPS) is 15.7. The lowest BCUT2D eigenvalue weighted by Gasteiger charge is -2.18. The molecule has 100 valence electrons. The zero-order chi connectivity index (χ0) is 12.8. The second-order valence-electron chi connectivity index (χ2n) is 5.56. The van der Waals surface area contributed by atoms with Crippen LogP contribution in [0.2, 0.25) is 0 Å². The maximum Gasteiger partial charge on any atom is 0.0107 e. The van der Waals surface area contributed by atoms with Gasteiger partial charge in [-0.15, -0.1) is 0 Å². The van der Waals surface area contributed by atoms with Gasteiger partial charge in [-0.1, -0.05) is 44.9 Å². The average molecular weight is 245 g/mol. The number of unbranched alkanes of at least 4 members (excludes halogenated alkanes) is 1. The van der Waals surface area contributed by atoms with Crippen LogP contribution in [0.25, 0.3) is 0 Å². The molecule has 0 heterocycles. The maximum absolute atomic E-state index is 3.63. The summed E-state index contributed by atoms with van der Waals surface area (Å²) in [5, 5.41) is 3.63. The second kappa shape index (κ2) is 6.94. The molecule has 1 aromatic carbocycles. The summed E-state index contributed by atoms with van der Waals surface area (Å²) >= 11 is 0. The van der Waals surface area contributed by atoms with E-state index in [1.54, 1.807) is 11.1 Å². The third kappa shape index (κ3) is 3.58. The van der Waals surface area contributed by atoms with Gasteiger partial charge in [0.2, 0.25) is 0 Å². The van der Waals surface area contributed by atoms with Crippen LogP contribution >= 0.6 is 0 Å². The molecule has 18 heavy (non-hydrogen) atoms. The van der Waals surface area contributed by atoms with Gasteiger partial charge < -0.3 is 5.32 Å². The molecule has 0 saturated carbocycles. The number of aryl methyl sites for hydroxylation is 2. The number of hydrogen-bond acceptors (Lipinski definition) is 1. The molecule has 0 aliphatic heterocycles. The molecule has 1 aliphatic carbocycles. The highest BCUT2D eigenvalue weighted by Crippen LogP contribution is 2.23. The van der Waals surface area contributed by atoms with Crippen molar-refractivity contribution < 1.29 is 0 Å². The van der Waals surface area contributed by atoms with E-state index in [1.807, 2.05) is 0 Å². The molecular formula is C17H27N. The number of likely N-dealkylation sites (N-methyl/N-ethyl adjacent to an activating group) is 1. The van der Waals surface area contributed by atoms with Crippen molar-refractivity contribution in [2.24, 2.45) is 0 Å². The minimum atomic E-state index is 0.661. The summed E-state index contributed by atoms with van der Waals surface area (Å²) in [5.41, 5.74) is 4.73. The molecule has 1 aliphatic rings. The van der Waals surface area contributed by atoms with Crippen molar-refractivity contribution in [3.8, 4) is 0 Å². The molecule has 0 radical (unpaired) electrons. The molecule has 0 bridgehead atoms. The van der Waals surface area contributed by atoms with Crippen molar-refractivity contribution in [1.82, 2.24) is 5.32 Å². The van der Waals surface area contributed by atoms with E-state index in [-0.39, 0.29) is 0 Å². The van der Waals surface area contributed by atoms with Gasteiger partial charge in [0.25, 0.3) is 0 Å². The molecule has 0 saturated heterocycles. The number of hydrogen-bond donors (Lipinski definition) is 1. The predicted molar refractivity (Wildman–Crippen MR) is 79.2 cm³/mol. The number of rotatable bonds is 7. The highest BCUT2D eigenvalue weighted by molar-refractivity contribution is 5.35.